The van der Waals surface area contributed by atoms with Crippen LogP contribution >= 0.6 is 0 Å². The molecule has 0 aromatic heterocycles. The van der Waals surface area contributed by atoms with Gasteiger partial charge in [0.1, 0.15) is 0 Å². The summed E-state index contributed by atoms with van der Waals surface area (Å²) < 4.78 is 5.87. The van der Waals surface area contributed by atoms with Gasteiger partial charge in [0, 0.05) is 31.8 Å². The summed E-state index contributed by atoms with van der Waals surface area (Å²) in [7, 11) is 0. The van der Waals surface area contributed by atoms with Crippen LogP contribution in [0.2, 0.25) is 0 Å². The topological polar surface area (TPSA) is 24.5 Å². The van der Waals surface area contributed by atoms with E-state index in [4.69, 9.17) is 4.74 Å². The highest BCUT2D eigenvalue weighted by molar-refractivity contribution is 4.83. The van der Waals surface area contributed by atoms with Gasteiger partial charge >= 0.3 is 0 Å². The highest BCUT2D eigenvalue weighted by Crippen LogP contribution is 2.21. The highest BCUT2D eigenvalue weighted by atomic mass is 16.5. The van der Waals surface area contributed by atoms with Crippen LogP contribution in [0.4, 0.5) is 0 Å². The van der Waals surface area contributed by atoms with Crippen molar-refractivity contribution in [1.29, 1.82) is 0 Å². The molecule has 0 spiro atoms. The van der Waals surface area contributed by atoms with Crippen LogP contribution in [0.15, 0.2) is 0 Å². The Labute approximate surface area is 112 Å². The summed E-state index contributed by atoms with van der Waals surface area (Å²) in [6.45, 7) is 11.6. The molecule has 2 heterocycles. The summed E-state index contributed by atoms with van der Waals surface area (Å²) in [4.78, 5) is 2.67. The zero-order valence-corrected chi connectivity index (χ0v) is 12.3. The van der Waals surface area contributed by atoms with Crippen LogP contribution < -0.4 is 5.32 Å². The average molecular weight is 254 g/mol. The first-order valence-corrected chi connectivity index (χ1v) is 7.79. The zero-order chi connectivity index (χ0) is 13.0. The van der Waals surface area contributed by atoms with Crippen molar-refractivity contribution in [3.8, 4) is 0 Å². The summed E-state index contributed by atoms with van der Waals surface area (Å²) in [6.07, 6.45) is 5.50. The molecule has 0 aromatic rings. The van der Waals surface area contributed by atoms with Gasteiger partial charge in [0.2, 0.25) is 0 Å². The molecule has 2 saturated heterocycles. The lowest BCUT2D eigenvalue weighted by atomic mass is 10.0. The molecule has 2 rings (SSSR count). The quantitative estimate of drug-likeness (QED) is 0.836. The van der Waals surface area contributed by atoms with E-state index in [1.54, 1.807) is 0 Å². The Morgan fingerprint density at radius 1 is 1.39 bits per heavy atom. The minimum atomic E-state index is 0.477. The molecule has 0 radical (unpaired) electrons. The van der Waals surface area contributed by atoms with Crippen LogP contribution in [0.3, 0.4) is 0 Å². The van der Waals surface area contributed by atoms with Gasteiger partial charge in [-0.05, 0) is 45.1 Å². The predicted octanol–water partition coefficient (Wildman–Crippen LogP) is 2.26. The van der Waals surface area contributed by atoms with Crippen molar-refractivity contribution in [3.63, 3.8) is 0 Å². The minimum absolute atomic E-state index is 0.477. The molecule has 2 aliphatic heterocycles. The van der Waals surface area contributed by atoms with Gasteiger partial charge in [0.15, 0.2) is 0 Å². The maximum absolute atomic E-state index is 5.87. The number of hydrogen-bond acceptors (Lipinski definition) is 3. The fourth-order valence-electron chi connectivity index (χ4n) is 3.28. The minimum Gasteiger partial charge on any atom is -0.377 e. The van der Waals surface area contributed by atoms with Gasteiger partial charge in [-0.25, -0.2) is 0 Å². The van der Waals surface area contributed by atoms with E-state index in [1.807, 2.05) is 0 Å². The van der Waals surface area contributed by atoms with Crippen molar-refractivity contribution in [2.24, 2.45) is 5.92 Å². The van der Waals surface area contributed by atoms with Crippen molar-refractivity contribution in [2.45, 2.75) is 64.6 Å². The van der Waals surface area contributed by atoms with Gasteiger partial charge in [-0.2, -0.15) is 0 Å². The molecule has 2 fully saturated rings. The molecule has 0 aliphatic carbocycles. The van der Waals surface area contributed by atoms with Gasteiger partial charge in [0.05, 0.1) is 6.10 Å². The third kappa shape index (κ3) is 3.69. The van der Waals surface area contributed by atoms with Gasteiger partial charge in [-0.3, -0.25) is 4.90 Å². The maximum atomic E-state index is 5.87. The van der Waals surface area contributed by atoms with Crippen molar-refractivity contribution in [2.75, 3.05) is 26.2 Å². The second kappa shape index (κ2) is 6.88. The molecule has 4 unspecified atom stereocenters. The number of nitrogens with zero attached hydrogens (tertiary/aromatic N) is 1. The lowest BCUT2D eigenvalue weighted by Crippen LogP contribution is -2.49. The molecule has 3 nitrogen and oxygen atoms in total. The molecule has 0 amide bonds. The molecule has 0 aromatic carbocycles. The van der Waals surface area contributed by atoms with Gasteiger partial charge in [-0.15, -0.1) is 0 Å². The second-order valence-corrected chi connectivity index (χ2v) is 6.19. The fraction of sp³-hybridized carbons (Fsp3) is 1.00. The molecule has 0 bridgehead atoms. The molecule has 106 valence electrons. The first-order chi connectivity index (χ1) is 8.70. The molecule has 0 saturated carbocycles. The molecular formula is C15H30N2O. The Morgan fingerprint density at radius 2 is 2.22 bits per heavy atom. The zero-order valence-electron chi connectivity index (χ0n) is 12.3. The third-order valence-corrected chi connectivity index (χ3v) is 4.64. The van der Waals surface area contributed by atoms with Crippen molar-refractivity contribution in [1.82, 2.24) is 10.2 Å². The van der Waals surface area contributed by atoms with E-state index in [9.17, 15) is 0 Å². The Balaban J connectivity index is 1.91. The van der Waals surface area contributed by atoms with Crippen LogP contribution in [0.1, 0.15) is 46.5 Å². The number of rotatable bonds is 3. The van der Waals surface area contributed by atoms with Crippen molar-refractivity contribution in [3.05, 3.63) is 0 Å². The van der Waals surface area contributed by atoms with Crippen LogP contribution in [-0.2, 0) is 4.74 Å². The summed E-state index contributed by atoms with van der Waals surface area (Å²) in [5, 5.41) is 3.69. The summed E-state index contributed by atoms with van der Waals surface area (Å²) in [5.74, 6) is 0.739. The summed E-state index contributed by atoms with van der Waals surface area (Å²) >= 11 is 0. The first-order valence-electron chi connectivity index (χ1n) is 7.79. The van der Waals surface area contributed by atoms with Crippen LogP contribution in [0.5, 0.6) is 0 Å². The smallest absolute Gasteiger partial charge is 0.0728 e. The summed E-state index contributed by atoms with van der Waals surface area (Å²) in [6, 6.07) is 1.29. The highest BCUT2D eigenvalue weighted by Gasteiger charge is 2.29. The van der Waals surface area contributed by atoms with E-state index in [2.05, 4.69) is 31.0 Å². The van der Waals surface area contributed by atoms with Crippen molar-refractivity contribution >= 4 is 0 Å². The number of nitrogens with one attached hydrogen (secondary N) is 1. The van der Waals surface area contributed by atoms with E-state index in [0.29, 0.717) is 18.2 Å². The Hall–Kier alpha value is -0.120. The second-order valence-electron chi connectivity index (χ2n) is 6.19. The van der Waals surface area contributed by atoms with E-state index in [1.165, 1.54) is 38.8 Å². The molecule has 4 atom stereocenters. The maximum Gasteiger partial charge on any atom is 0.0728 e. The largest absolute Gasteiger partial charge is 0.377 e. The normalized spacial score (nSPS) is 37.2. The predicted molar refractivity (Wildman–Crippen MR) is 75.9 cm³/mol. The number of ether oxygens (including phenoxy) is 1. The van der Waals surface area contributed by atoms with Gasteiger partial charge in [0.25, 0.3) is 0 Å². The Morgan fingerprint density at radius 3 is 2.89 bits per heavy atom. The molecule has 1 N–H and O–H groups in total. The van der Waals surface area contributed by atoms with E-state index >= 15 is 0 Å². The fourth-order valence-corrected chi connectivity index (χ4v) is 3.28. The summed E-state index contributed by atoms with van der Waals surface area (Å²) in [5.41, 5.74) is 0. The van der Waals surface area contributed by atoms with E-state index in [0.717, 1.165) is 19.1 Å². The van der Waals surface area contributed by atoms with Gasteiger partial charge in [-0.1, -0.05) is 13.8 Å². The van der Waals surface area contributed by atoms with Crippen LogP contribution in [-0.4, -0.2) is 49.3 Å². The van der Waals surface area contributed by atoms with E-state index in [-0.39, 0.29) is 0 Å². The first kappa shape index (κ1) is 14.3. The molecule has 3 heteroatoms. The number of hydrogen-bond donors (Lipinski definition) is 1. The monoisotopic (exact) mass is 254 g/mol. The SMILES string of the molecule is CCC1CCN(C(C)C2CCCO2)CC(C)CN1. The van der Waals surface area contributed by atoms with Crippen LogP contribution in [0.25, 0.3) is 0 Å². The van der Waals surface area contributed by atoms with Crippen LogP contribution in [0, 0.1) is 5.92 Å². The lowest BCUT2D eigenvalue weighted by molar-refractivity contribution is 0.0211. The van der Waals surface area contributed by atoms with Crippen molar-refractivity contribution < 1.29 is 4.74 Å². The third-order valence-electron chi connectivity index (χ3n) is 4.64. The Kier molecular flexibility index (Phi) is 5.46. The van der Waals surface area contributed by atoms with E-state index < -0.39 is 0 Å². The molecule has 2 aliphatic rings. The standard InChI is InChI=1S/C15H30N2O/c1-4-14-7-8-17(11-12(2)10-16-14)13(3)15-6-5-9-18-15/h12-16H,4-11H2,1-3H3. The lowest BCUT2D eigenvalue weighted by Gasteiger charge is -2.37. The average Bonchev–Trinajstić information content (AvgIpc) is 2.87. The van der Waals surface area contributed by atoms with Gasteiger partial charge < -0.3 is 10.1 Å². The Bertz CT molecular complexity index is 241. The molecular weight excluding hydrogens is 224 g/mol. The molecule has 18 heavy (non-hydrogen) atoms.